The summed E-state index contributed by atoms with van der Waals surface area (Å²) in [5, 5.41) is 0. The molecule has 2 N–H and O–H groups in total. The molecular weight excluding hydrogens is 228 g/mol. The molecule has 2 heterocycles. The maximum atomic E-state index is 5.75. The van der Waals surface area contributed by atoms with Crippen LogP contribution in [-0.2, 0) is 13.0 Å². The van der Waals surface area contributed by atoms with Gasteiger partial charge in [0.15, 0.2) is 0 Å². The molecule has 0 fully saturated rings. The van der Waals surface area contributed by atoms with Gasteiger partial charge in [0.2, 0.25) is 5.88 Å². The lowest BCUT2D eigenvalue weighted by atomic mass is 10.2. The van der Waals surface area contributed by atoms with Crippen LogP contribution in [0.1, 0.15) is 18.2 Å². The van der Waals surface area contributed by atoms with Crippen molar-refractivity contribution in [2.75, 3.05) is 7.11 Å². The highest BCUT2D eigenvalue weighted by atomic mass is 16.5. The quantitative estimate of drug-likeness (QED) is 0.861. The lowest BCUT2D eigenvalue weighted by molar-refractivity contribution is 0.391. The van der Waals surface area contributed by atoms with Crippen LogP contribution in [0.4, 0.5) is 0 Å². The van der Waals surface area contributed by atoms with Crippen LogP contribution in [0.25, 0.3) is 0 Å². The maximum Gasteiger partial charge on any atom is 0.218 e. The summed E-state index contributed by atoms with van der Waals surface area (Å²) in [6.45, 7) is 2.67. The Labute approximate surface area is 107 Å². The van der Waals surface area contributed by atoms with E-state index in [1.54, 1.807) is 13.3 Å². The van der Waals surface area contributed by atoms with E-state index in [1.807, 2.05) is 36.1 Å². The van der Waals surface area contributed by atoms with Crippen LogP contribution in [0.2, 0.25) is 0 Å². The standard InChI is InChI=1S/C13H18N4O/c1-10(14)6-12-8-17(9-16-12)7-11-4-3-5-15-13(11)18-2/h3-5,8-10H,6-7,14H2,1-2H3. The molecule has 5 nitrogen and oxygen atoms in total. The van der Waals surface area contributed by atoms with Gasteiger partial charge in [-0.15, -0.1) is 0 Å². The predicted octanol–water partition coefficient (Wildman–Crippen LogP) is 1.22. The normalized spacial score (nSPS) is 12.4. The summed E-state index contributed by atoms with van der Waals surface area (Å²) in [6, 6.07) is 4.02. The summed E-state index contributed by atoms with van der Waals surface area (Å²) in [6.07, 6.45) is 6.33. The molecule has 0 aliphatic carbocycles. The zero-order chi connectivity index (χ0) is 13.0. The third-order valence-corrected chi connectivity index (χ3v) is 2.61. The Bertz CT molecular complexity index is 507. The number of imidazole rings is 1. The van der Waals surface area contributed by atoms with Gasteiger partial charge in [0.05, 0.1) is 25.7 Å². The number of nitrogens with zero attached hydrogens (tertiary/aromatic N) is 3. The van der Waals surface area contributed by atoms with Crippen molar-refractivity contribution in [2.45, 2.75) is 25.9 Å². The Morgan fingerprint density at radius 1 is 1.44 bits per heavy atom. The summed E-state index contributed by atoms with van der Waals surface area (Å²) in [5.74, 6) is 0.653. The first-order valence-electron chi connectivity index (χ1n) is 5.93. The molecule has 1 unspecified atom stereocenters. The molecule has 0 aliphatic rings. The van der Waals surface area contributed by atoms with E-state index in [0.717, 1.165) is 17.7 Å². The second-order valence-corrected chi connectivity index (χ2v) is 4.39. The highest BCUT2D eigenvalue weighted by Crippen LogP contribution is 2.15. The summed E-state index contributed by atoms with van der Waals surface area (Å²) in [7, 11) is 1.63. The first-order chi connectivity index (χ1) is 8.69. The van der Waals surface area contributed by atoms with Crippen LogP contribution in [-0.4, -0.2) is 27.7 Å². The number of hydrogen-bond donors (Lipinski definition) is 1. The van der Waals surface area contributed by atoms with Gasteiger partial charge in [-0.2, -0.15) is 0 Å². The Balaban J connectivity index is 2.11. The molecule has 0 spiro atoms. The largest absolute Gasteiger partial charge is 0.481 e. The fourth-order valence-electron chi connectivity index (χ4n) is 1.85. The molecule has 0 radical (unpaired) electrons. The Hall–Kier alpha value is -1.88. The molecule has 0 amide bonds. The zero-order valence-electron chi connectivity index (χ0n) is 10.7. The lowest BCUT2D eigenvalue weighted by Crippen LogP contribution is -2.17. The van der Waals surface area contributed by atoms with Crippen LogP contribution in [0, 0.1) is 0 Å². The second-order valence-electron chi connectivity index (χ2n) is 4.39. The van der Waals surface area contributed by atoms with Crippen molar-refractivity contribution in [1.82, 2.24) is 14.5 Å². The van der Waals surface area contributed by atoms with Gasteiger partial charge in [-0.3, -0.25) is 0 Å². The van der Waals surface area contributed by atoms with Gasteiger partial charge in [0.25, 0.3) is 0 Å². The van der Waals surface area contributed by atoms with Crippen molar-refractivity contribution in [2.24, 2.45) is 5.73 Å². The van der Waals surface area contributed by atoms with E-state index in [-0.39, 0.29) is 6.04 Å². The van der Waals surface area contributed by atoms with Crippen molar-refractivity contribution >= 4 is 0 Å². The van der Waals surface area contributed by atoms with Gasteiger partial charge in [-0.05, 0) is 13.0 Å². The summed E-state index contributed by atoms with van der Waals surface area (Å²) in [4.78, 5) is 8.50. The molecule has 0 saturated carbocycles. The first-order valence-corrected chi connectivity index (χ1v) is 5.93. The van der Waals surface area contributed by atoms with Crippen molar-refractivity contribution in [1.29, 1.82) is 0 Å². The SMILES string of the molecule is COc1ncccc1Cn1cnc(CC(C)N)c1. The van der Waals surface area contributed by atoms with E-state index < -0.39 is 0 Å². The molecule has 1 atom stereocenters. The van der Waals surface area contributed by atoms with E-state index in [0.29, 0.717) is 12.4 Å². The topological polar surface area (TPSA) is 66.0 Å². The monoisotopic (exact) mass is 246 g/mol. The van der Waals surface area contributed by atoms with Crippen molar-refractivity contribution in [3.8, 4) is 5.88 Å². The Morgan fingerprint density at radius 2 is 2.28 bits per heavy atom. The molecular formula is C13H18N4O. The minimum absolute atomic E-state index is 0.126. The number of hydrogen-bond acceptors (Lipinski definition) is 4. The third kappa shape index (κ3) is 3.07. The fraction of sp³-hybridized carbons (Fsp3) is 0.385. The molecule has 5 heteroatoms. The number of nitrogens with two attached hydrogens (primary N) is 1. The number of rotatable bonds is 5. The highest BCUT2D eigenvalue weighted by Gasteiger charge is 2.06. The third-order valence-electron chi connectivity index (χ3n) is 2.61. The summed E-state index contributed by atoms with van der Waals surface area (Å²) >= 11 is 0. The number of methoxy groups -OCH3 is 1. The molecule has 0 saturated heterocycles. The van der Waals surface area contributed by atoms with E-state index >= 15 is 0 Å². The van der Waals surface area contributed by atoms with Gasteiger partial charge in [-0.25, -0.2) is 9.97 Å². The summed E-state index contributed by atoms with van der Waals surface area (Å²) < 4.78 is 7.24. The van der Waals surface area contributed by atoms with E-state index in [2.05, 4.69) is 9.97 Å². The molecule has 0 aliphatic heterocycles. The number of pyridine rings is 1. The van der Waals surface area contributed by atoms with Crippen LogP contribution in [0.5, 0.6) is 5.88 Å². The van der Waals surface area contributed by atoms with Gasteiger partial charge in [-0.1, -0.05) is 6.07 Å². The summed E-state index contributed by atoms with van der Waals surface area (Å²) in [5.41, 5.74) is 7.79. The van der Waals surface area contributed by atoms with E-state index in [9.17, 15) is 0 Å². The van der Waals surface area contributed by atoms with Gasteiger partial charge in [0, 0.05) is 30.4 Å². The smallest absolute Gasteiger partial charge is 0.218 e. The van der Waals surface area contributed by atoms with E-state index in [1.165, 1.54) is 0 Å². The molecule has 0 bridgehead atoms. The average molecular weight is 246 g/mol. The average Bonchev–Trinajstić information content (AvgIpc) is 2.76. The van der Waals surface area contributed by atoms with Gasteiger partial charge >= 0.3 is 0 Å². The van der Waals surface area contributed by atoms with Crippen LogP contribution in [0.3, 0.4) is 0 Å². The fourth-order valence-corrected chi connectivity index (χ4v) is 1.85. The van der Waals surface area contributed by atoms with Crippen molar-refractivity contribution in [3.05, 3.63) is 42.1 Å². The maximum absolute atomic E-state index is 5.75. The molecule has 0 aromatic carbocycles. The van der Waals surface area contributed by atoms with Crippen molar-refractivity contribution < 1.29 is 4.74 Å². The molecule has 18 heavy (non-hydrogen) atoms. The van der Waals surface area contributed by atoms with Crippen LogP contribution < -0.4 is 10.5 Å². The zero-order valence-corrected chi connectivity index (χ0v) is 10.7. The number of ether oxygens (including phenoxy) is 1. The Kier molecular flexibility index (Phi) is 3.94. The van der Waals surface area contributed by atoms with Crippen LogP contribution in [0.15, 0.2) is 30.9 Å². The van der Waals surface area contributed by atoms with Crippen LogP contribution >= 0.6 is 0 Å². The second kappa shape index (κ2) is 5.64. The lowest BCUT2D eigenvalue weighted by Gasteiger charge is -2.07. The first kappa shape index (κ1) is 12.6. The minimum Gasteiger partial charge on any atom is -0.481 e. The molecule has 2 aromatic heterocycles. The van der Waals surface area contributed by atoms with E-state index in [4.69, 9.17) is 10.5 Å². The minimum atomic E-state index is 0.126. The predicted molar refractivity (Wildman–Crippen MR) is 69.5 cm³/mol. The van der Waals surface area contributed by atoms with Gasteiger partial charge < -0.3 is 15.0 Å². The molecule has 2 aromatic rings. The number of aromatic nitrogens is 3. The Morgan fingerprint density at radius 3 is 3.00 bits per heavy atom. The van der Waals surface area contributed by atoms with Crippen molar-refractivity contribution in [3.63, 3.8) is 0 Å². The van der Waals surface area contributed by atoms with Gasteiger partial charge in [0.1, 0.15) is 0 Å². The molecule has 2 rings (SSSR count). The molecule has 96 valence electrons. The highest BCUT2D eigenvalue weighted by molar-refractivity contribution is 5.25.